The molecule has 0 saturated carbocycles. The van der Waals surface area contributed by atoms with Crippen molar-refractivity contribution in [3.63, 3.8) is 0 Å². The van der Waals surface area contributed by atoms with E-state index in [2.05, 4.69) is 10.4 Å². The minimum Gasteiger partial charge on any atom is -0.381 e. The molecule has 2 aromatic rings. The van der Waals surface area contributed by atoms with Gasteiger partial charge < -0.3 is 5.32 Å². The highest BCUT2D eigenvalue weighted by molar-refractivity contribution is 7.91. The van der Waals surface area contributed by atoms with Crippen LogP contribution in [0.5, 0.6) is 0 Å². The van der Waals surface area contributed by atoms with E-state index in [1.807, 2.05) is 20.2 Å². The van der Waals surface area contributed by atoms with Crippen LogP contribution in [0.25, 0.3) is 0 Å². The van der Waals surface area contributed by atoms with Crippen LogP contribution in [0.2, 0.25) is 0 Å². The Morgan fingerprint density at radius 2 is 1.90 bits per heavy atom. The molecule has 0 spiro atoms. The van der Waals surface area contributed by atoms with Gasteiger partial charge in [-0.05, 0) is 31.2 Å². The lowest BCUT2D eigenvalue weighted by molar-refractivity contribution is 0.234. The molecule has 0 amide bonds. The first-order valence-corrected chi connectivity index (χ1v) is 7.70. The number of hydrogen-bond donors (Lipinski definition) is 1. The van der Waals surface area contributed by atoms with Crippen molar-refractivity contribution in [2.75, 3.05) is 5.32 Å². The van der Waals surface area contributed by atoms with Gasteiger partial charge in [-0.15, -0.1) is 0 Å². The minimum atomic E-state index is -4.54. The van der Waals surface area contributed by atoms with Gasteiger partial charge in [0.15, 0.2) is 0 Å². The molecule has 21 heavy (non-hydrogen) atoms. The van der Waals surface area contributed by atoms with Gasteiger partial charge in [-0.1, -0.05) is 0 Å². The van der Waals surface area contributed by atoms with Crippen LogP contribution in [-0.4, -0.2) is 24.0 Å². The predicted octanol–water partition coefficient (Wildman–Crippen LogP) is 2.34. The number of sulfone groups is 1. The lowest BCUT2D eigenvalue weighted by Crippen LogP contribution is -2.11. The van der Waals surface area contributed by atoms with Crippen LogP contribution in [0.15, 0.2) is 35.4 Å². The van der Waals surface area contributed by atoms with Gasteiger partial charge in [0.2, 0.25) is 9.84 Å². The number of anilines is 1. The lowest BCUT2D eigenvalue weighted by atomic mass is 10.2. The fourth-order valence-corrected chi connectivity index (χ4v) is 2.61. The Labute approximate surface area is 121 Å². The summed E-state index contributed by atoms with van der Waals surface area (Å²) in [4.78, 5) is -0.388. The Morgan fingerprint density at radius 1 is 1.29 bits per heavy atom. The Morgan fingerprint density at radius 3 is 2.38 bits per heavy atom. The first-order valence-electron chi connectivity index (χ1n) is 6.16. The smallest absolute Gasteiger partial charge is 0.341 e. The van der Waals surface area contributed by atoms with Crippen molar-refractivity contribution in [3.8, 4) is 0 Å². The molecule has 0 saturated heterocycles. The molecule has 0 aliphatic heterocycles. The van der Waals surface area contributed by atoms with E-state index >= 15 is 0 Å². The quantitative estimate of drug-likeness (QED) is 0.920. The number of aryl methyl sites for hydroxylation is 2. The molecule has 1 heterocycles. The molecule has 114 valence electrons. The Bertz CT molecular complexity index is 724. The first-order chi connectivity index (χ1) is 9.80. The van der Waals surface area contributed by atoms with Crippen molar-refractivity contribution >= 4 is 15.5 Å². The zero-order valence-corrected chi connectivity index (χ0v) is 12.4. The summed E-state index contributed by atoms with van der Waals surface area (Å²) in [5.41, 5.74) is 2.54. The SMILES string of the molecule is Cc1nn(C)cc1CNc1ccc(S(=O)(=O)C(F)F)cc1. The molecule has 0 atom stereocenters. The van der Waals surface area contributed by atoms with Gasteiger partial charge in [0.25, 0.3) is 0 Å². The molecular formula is C13H15F2N3O2S. The lowest BCUT2D eigenvalue weighted by Gasteiger charge is -2.07. The molecule has 1 aromatic heterocycles. The summed E-state index contributed by atoms with van der Waals surface area (Å²) >= 11 is 0. The zero-order valence-electron chi connectivity index (χ0n) is 11.5. The number of nitrogens with one attached hydrogen (secondary N) is 1. The summed E-state index contributed by atoms with van der Waals surface area (Å²) in [5, 5.41) is 7.29. The molecule has 1 N–H and O–H groups in total. The van der Waals surface area contributed by atoms with Gasteiger partial charge in [-0.3, -0.25) is 4.68 Å². The van der Waals surface area contributed by atoms with E-state index in [9.17, 15) is 17.2 Å². The third kappa shape index (κ3) is 3.38. The van der Waals surface area contributed by atoms with E-state index in [4.69, 9.17) is 0 Å². The standard InChI is InChI=1S/C13H15F2N3O2S/c1-9-10(8-18(2)17-9)7-16-11-3-5-12(6-4-11)21(19,20)13(14)15/h3-6,8,13,16H,7H2,1-2H3. The molecular weight excluding hydrogens is 300 g/mol. The van der Waals surface area contributed by atoms with Crippen LogP contribution < -0.4 is 5.32 Å². The summed E-state index contributed by atoms with van der Waals surface area (Å²) in [5.74, 6) is -3.41. The molecule has 5 nitrogen and oxygen atoms in total. The fourth-order valence-electron chi connectivity index (χ4n) is 1.88. The maximum absolute atomic E-state index is 12.4. The zero-order chi connectivity index (χ0) is 15.6. The van der Waals surface area contributed by atoms with Gasteiger partial charge >= 0.3 is 5.76 Å². The topological polar surface area (TPSA) is 64.0 Å². The fraction of sp³-hybridized carbons (Fsp3) is 0.308. The van der Waals surface area contributed by atoms with Gasteiger partial charge in [0.1, 0.15) is 0 Å². The number of nitrogens with zero attached hydrogens (tertiary/aromatic N) is 2. The van der Waals surface area contributed by atoms with Gasteiger partial charge in [-0.2, -0.15) is 13.9 Å². The summed E-state index contributed by atoms with van der Waals surface area (Å²) in [6, 6.07) is 5.25. The first kappa shape index (κ1) is 15.4. The summed E-state index contributed by atoms with van der Waals surface area (Å²) in [6.07, 6.45) is 1.87. The largest absolute Gasteiger partial charge is 0.381 e. The van der Waals surface area contributed by atoms with Gasteiger partial charge in [0, 0.05) is 31.0 Å². The number of benzene rings is 1. The molecule has 0 bridgehead atoms. The van der Waals surface area contributed by atoms with Crippen LogP contribution in [0.4, 0.5) is 14.5 Å². The predicted molar refractivity (Wildman–Crippen MR) is 74.9 cm³/mol. The number of hydrogen-bond acceptors (Lipinski definition) is 4. The second-order valence-electron chi connectivity index (χ2n) is 4.60. The molecule has 2 rings (SSSR count). The van der Waals surface area contributed by atoms with E-state index in [0.717, 1.165) is 11.3 Å². The van der Waals surface area contributed by atoms with E-state index in [0.29, 0.717) is 12.2 Å². The molecule has 0 unspecified atom stereocenters. The summed E-state index contributed by atoms with van der Waals surface area (Å²) in [6.45, 7) is 2.40. The highest BCUT2D eigenvalue weighted by Gasteiger charge is 2.26. The van der Waals surface area contributed by atoms with Crippen molar-refractivity contribution in [1.82, 2.24) is 9.78 Å². The Balaban J connectivity index is 2.08. The molecule has 0 radical (unpaired) electrons. The van der Waals surface area contributed by atoms with Crippen molar-refractivity contribution in [2.24, 2.45) is 7.05 Å². The minimum absolute atomic E-state index is 0.388. The second kappa shape index (κ2) is 5.80. The summed E-state index contributed by atoms with van der Waals surface area (Å²) < 4.78 is 49.1. The normalized spacial score (nSPS) is 11.9. The second-order valence-corrected chi connectivity index (χ2v) is 6.51. The van der Waals surface area contributed by atoms with Crippen molar-refractivity contribution in [2.45, 2.75) is 24.1 Å². The van der Waals surface area contributed by atoms with E-state index in [1.165, 1.54) is 24.3 Å². The molecule has 0 aliphatic carbocycles. The van der Waals surface area contributed by atoms with Crippen LogP contribution in [0.3, 0.4) is 0 Å². The van der Waals surface area contributed by atoms with E-state index < -0.39 is 15.6 Å². The highest BCUT2D eigenvalue weighted by Crippen LogP contribution is 2.20. The number of aromatic nitrogens is 2. The number of rotatable bonds is 5. The average Bonchev–Trinajstić information content (AvgIpc) is 2.75. The van der Waals surface area contributed by atoms with Crippen LogP contribution in [-0.2, 0) is 23.4 Å². The van der Waals surface area contributed by atoms with Crippen LogP contribution in [0.1, 0.15) is 11.3 Å². The number of halogens is 2. The van der Waals surface area contributed by atoms with Crippen molar-refractivity contribution < 1.29 is 17.2 Å². The van der Waals surface area contributed by atoms with Gasteiger partial charge in [-0.25, -0.2) is 8.42 Å². The molecule has 0 aliphatic rings. The van der Waals surface area contributed by atoms with Crippen molar-refractivity contribution in [3.05, 3.63) is 41.7 Å². The summed E-state index contributed by atoms with van der Waals surface area (Å²) in [7, 11) is -2.72. The Kier molecular flexibility index (Phi) is 4.26. The third-order valence-electron chi connectivity index (χ3n) is 3.02. The average molecular weight is 315 g/mol. The molecule has 8 heteroatoms. The Hall–Kier alpha value is -1.96. The molecule has 1 aromatic carbocycles. The van der Waals surface area contributed by atoms with Crippen LogP contribution >= 0.6 is 0 Å². The maximum atomic E-state index is 12.4. The number of alkyl halides is 2. The monoisotopic (exact) mass is 315 g/mol. The van der Waals surface area contributed by atoms with Gasteiger partial charge in [0.05, 0.1) is 10.6 Å². The van der Waals surface area contributed by atoms with Crippen molar-refractivity contribution in [1.29, 1.82) is 0 Å². The maximum Gasteiger partial charge on any atom is 0.341 e. The van der Waals surface area contributed by atoms with E-state index in [-0.39, 0.29) is 4.90 Å². The third-order valence-corrected chi connectivity index (χ3v) is 4.41. The highest BCUT2D eigenvalue weighted by atomic mass is 32.2. The van der Waals surface area contributed by atoms with E-state index in [1.54, 1.807) is 4.68 Å². The molecule has 0 fully saturated rings. The van der Waals surface area contributed by atoms with Crippen LogP contribution in [0, 0.1) is 6.92 Å².